The lowest BCUT2D eigenvalue weighted by Gasteiger charge is -2.30. The number of hydrazine groups is 1. The largest absolute Gasteiger partial charge is 0.433 e. The molecule has 0 fully saturated rings. The maximum Gasteiger partial charge on any atom is 0.433 e. The quantitative estimate of drug-likeness (QED) is 0.369. The van der Waals surface area contributed by atoms with Gasteiger partial charge in [0, 0.05) is 5.56 Å². The Morgan fingerprint density at radius 1 is 1.35 bits per heavy atom. The van der Waals surface area contributed by atoms with Gasteiger partial charge in [-0.1, -0.05) is 6.58 Å². The van der Waals surface area contributed by atoms with E-state index in [0.717, 1.165) is 6.07 Å². The predicted molar refractivity (Wildman–Crippen MR) is 71.5 cm³/mol. The van der Waals surface area contributed by atoms with Gasteiger partial charge < -0.3 is 0 Å². The number of hydrogen-bond donors (Lipinski definition) is 0. The molecule has 1 aromatic rings. The first kappa shape index (κ1) is 16.5. The second-order valence-corrected chi connectivity index (χ2v) is 4.63. The minimum absolute atomic E-state index is 0.0190. The molecule has 10 heteroatoms. The zero-order valence-electron chi connectivity index (χ0n) is 11.6. The van der Waals surface area contributed by atoms with Crippen molar-refractivity contribution in [3.63, 3.8) is 0 Å². The summed E-state index contributed by atoms with van der Waals surface area (Å²) in [6.07, 6.45) is -4.43. The molecular weight excluding hydrogens is 322 g/mol. The highest BCUT2D eigenvalue weighted by Gasteiger charge is 2.45. The first-order chi connectivity index (χ1) is 10.6. The highest BCUT2D eigenvalue weighted by molar-refractivity contribution is 5.69. The molecule has 1 heterocycles. The van der Waals surface area contributed by atoms with Crippen molar-refractivity contribution in [2.75, 3.05) is 5.01 Å². The zero-order chi connectivity index (χ0) is 17.5. The van der Waals surface area contributed by atoms with Crippen LogP contribution in [0.4, 0.5) is 28.9 Å². The number of halogens is 4. The van der Waals surface area contributed by atoms with Crippen LogP contribution >= 0.6 is 0 Å². The fraction of sp³-hybridized carbons (Fsp3) is 0.154. The molecule has 0 aliphatic carbocycles. The number of carbonyl (C=O) groups excluding carboxylic acids is 1. The van der Waals surface area contributed by atoms with Crippen LogP contribution in [0.5, 0.6) is 0 Å². The summed E-state index contributed by atoms with van der Waals surface area (Å²) in [5.74, 6) is -1.16. The number of nitrogens with zero attached hydrogens (tertiary/aromatic N) is 3. The molecule has 0 aromatic heterocycles. The summed E-state index contributed by atoms with van der Waals surface area (Å²) in [7, 11) is 0. The summed E-state index contributed by atoms with van der Waals surface area (Å²) >= 11 is 0. The molecule has 1 amide bonds. The summed E-state index contributed by atoms with van der Waals surface area (Å²) < 4.78 is 52.8. The van der Waals surface area contributed by atoms with Gasteiger partial charge in [0.2, 0.25) is 6.41 Å². The Morgan fingerprint density at radius 2 is 1.96 bits per heavy atom. The summed E-state index contributed by atoms with van der Waals surface area (Å²) in [6.45, 7) is 4.65. The van der Waals surface area contributed by atoms with Crippen LogP contribution in [0.25, 0.3) is 0 Å². The highest BCUT2D eigenvalue weighted by Crippen LogP contribution is 2.40. The molecule has 2 rings (SSSR count). The Balaban J connectivity index is 2.55. The van der Waals surface area contributed by atoms with Crippen molar-refractivity contribution in [3.05, 3.63) is 57.7 Å². The molecule has 0 spiro atoms. The molecule has 0 bridgehead atoms. The third-order valence-electron chi connectivity index (χ3n) is 3.12. The van der Waals surface area contributed by atoms with E-state index in [-0.39, 0.29) is 22.7 Å². The van der Waals surface area contributed by atoms with Crippen molar-refractivity contribution in [1.82, 2.24) is 5.01 Å². The standard InChI is InChI=1S/C13H9F4N3O3/c1-7-3-11(9(14)5-10(7)20(22)23)19-8(2)4-12(13(15,16)17)18(19)6-21/h3-6H,2H2,1H3. The molecule has 1 aliphatic heterocycles. The summed E-state index contributed by atoms with van der Waals surface area (Å²) in [4.78, 5) is 21.0. The van der Waals surface area contributed by atoms with Crippen molar-refractivity contribution in [1.29, 1.82) is 0 Å². The molecule has 0 atom stereocenters. The van der Waals surface area contributed by atoms with Crippen LogP contribution in [0.15, 0.2) is 36.2 Å². The minimum atomic E-state index is -4.86. The van der Waals surface area contributed by atoms with E-state index in [1.54, 1.807) is 0 Å². The molecule has 122 valence electrons. The van der Waals surface area contributed by atoms with E-state index in [0.29, 0.717) is 17.2 Å². The Kier molecular flexibility index (Phi) is 3.85. The maximum atomic E-state index is 14.1. The third-order valence-corrected chi connectivity index (χ3v) is 3.12. The normalized spacial score (nSPS) is 15.0. The first-order valence-corrected chi connectivity index (χ1v) is 6.05. The van der Waals surface area contributed by atoms with E-state index >= 15 is 0 Å². The van der Waals surface area contributed by atoms with E-state index in [2.05, 4.69) is 6.58 Å². The Hall–Kier alpha value is -2.91. The number of rotatable bonds is 3. The number of carbonyl (C=O) groups is 1. The summed E-state index contributed by atoms with van der Waals surface area (Å²) in [5, 5.41) is 11.5. The minimum Gasteiger partial charge on any atom is -0.276 e. The van der Waals surface area contributed by atoms with Gasteiger partial charge in [-0.25, -0.2) is 14.4 Å². The van der Waals surface area contributed by atoms with Crippen LogP contribution in [0, 0.1) is 22.9 Å². The predicted octanol–water partition coefficient (Wildman–Crippen LogP) is 3.20. The van der Waals surface area contributed by atoms with Crippen molar-refractivity contribution in [3.8, 4) is 0 Å². The molecule has 0 saturated carbocycles. The lowest BCUT2D eigenvalue weighted by Crippen LogP contribution is -2.39. The van der Waals surface area contributed by atoms with Gasteiger partial charge in [-0.05, 0) is 19.1 Å². The van der Waals surface area contributed by atoms with E-state index in [1.165, 1.54) is 6.92 Å². The SMILES string of the molecule is C=C1C=C(C(F)(F)F)N(C=O)N1c1cc(C)c([N+](=O)[O-])cc1F. The lowest BCUT2D eigenvalue weighted by atomic mass is 10.1. The smallest absolute Gasteiger partial charge is 0.276 e. The molecule has 0 saturated heterocycles. The Labute approximate surface area is 127 Å². The zero-order valence-corrected chi connectivity index (χ0v) is 11.6. The number of anilines is 1. The van der Waals surface area contributed by atoms with E-state index in [9.17, 15) is 32.5 Å². The molecular formula is C13H9F4N3O3. The second kappa shape index (κ2) is 5.38. The fourth-order valence-corrected chi connectivity index (χ4v) is 2.13. The van der Waals surface area contributed by atoms with Gasteiger partial charge in [0.1, 0.15) is 11.4 Å². The summed E-state index contributed by atoms with van der Waals surface area (Å²) in [6, 6.07) is 1.55. The Morgan fingerprint density at radius 3 is 2.43 bits per heavy atom. The number of aryl methyl sites for hydroxylation is 1. The molecule has 6 nitrogen and oxygen atoms in total. The monoisotopic (exact) mass is 331 g/mol. The summed E-state index contributed by atoms with van der Waals surface area (Å²) in [5.41, 5.74) is -2.62. The van der Waals surface area contributed by atoms with Gasteiger partial charge in [0.15, 0.2) is 5.82 Å². The molecule has 0 unspecified atom stereocenters. The second-order valence-electron chi connectivity index (χ2n) is 4.63. The molecule has 23 heavy (non-hydrogen) atoms. The number of nitro groups is 1. The van der Waals surface area contributed by atoms with Crippen molar-refractivity contribution in [2.45, 2.75) is 13.1 Å². The van der Waals surface area contributed by atoms with E-state index in [4.69, 9.17) is 0 Å². The number of hydrogen-bond acceptors (Lipinski definition) is 4. The average molecular weight is 331 g/mol. The highest BCUT2D eigenvalue weighted by atomic mass is 19.4. The average Bonchev–Trinajstić information content (AvgIpc) is 2.77. The van der Waals surface area contributed by atoms with Gasteiger partial charge >= 0.3 is 6.18 Å². The van der Waals surface area contributed by atoms with E-state index in [1.807, 2.05) is 0 Å². The van der Waals surface area contributed by atoms with Crippen LogP contribution in [0.2, 0.25) is 0 Å². The van der Waals surface area contributed by atoms with Crippen LogP contribution in [0.1, 0.15) is 5.56 Å². The van der Waals surface area contributed by atoms with Crippen molar-refractivity contribution < 1.29 is 27.3 Å². The lowest BCUT2D eigenvalue weighted by molar-refractivity contribution is -0.385. The molecule has 0 N–H and O–H groups in total. The van der Waals surface area contributed by atoms with Gasteiger partial charge in [-0.2, -0.15) is 13.2 Å². The number of benzene rings is 1. The maximum absolute atomic E-state index is 14.1. The molecule has 1 aliphatic rings. The Bertz CT molecular complexity index is 743. The first-order valence-electron chi connectivity index (χ1n) is 6.05. The van der Waals surface area contributed by atoms with Gasteiger partial charge in [0.05, 0.1) is 16.7 Å². The third kappa shape index (κ3) is 2.74. The van der Waals surface area contributed by atoms with Crippen molar-refractivity contribution in [2.24, 2.45) is 0 Å². The number of allylic oxidation sites excluding steroid dienone is 2. The molecule has 1 aromatic carbocycles. The molecule has 0 radical (unpaired) electrons. The van der Waals surface area contributed by atoms with Crippen LogP contribution in [-0.2, 0) is 4.79 Å². The van der Waals surface area contributed by atoms with Crippen LogP contribution in [0.3, 0.4) is 0 Å². The number of amides is 1. The van der Waals surface area contributed by atoms with Crippen molar-refractivity contribution >= 4 is 17.8 Å². The van der Waals surface area contributed by atoms with Gasteiger partial charge in [-0.3, -0.25) is 14.9 Å². The number of alkyl halides is 3. The fourth-order valence-electron chi connectivity index (χ4n) is 2.13. The van der Waals surface area contributed by atoms with E-state index < -0.39 is 34.0 Å². The van der Waals surface area contributed by atoms with Crippen LogP contribution < -0.4 is 5.01 Å². The van der Waals surface area contributed by atoms with Gasteiger partial charge in [0.25, 0.3) is 5.69 Å². The van der Waals surface area contributed by atoms with Crippen LogP contribution in [-0.4, -0.2) is 22.5 Å². The number of nitro benzene ring substituents is 1. The topological polar surface area (TPSA) is 66.7 Å². The van der Waals surface area contributed by atoms with Gasteiger partial charge in [-0.15, -0.1) is 0 Å².